The topological polar surface area (TPSA) is 58.5 Å². The number of rotatable bonds is 3. The molecule has 0 saturated heterocycles. The Morgan fingerprint density at radius 2 is 2.19 bits per heavy atom. The van der Waals surface area contributed by atoms with Gasteiger partial charge in [0.15, 0.2) is 0 Å². The molecule has 0 aliphatic carbocycles. The average Bonchev–Trinajstić information content (AvgIpc) is 2.23. The summed E-state index contributed by atoms with van der Waals surface area (Å²) in [5.41, 5.74) is 0.255. The van der Waals surface area contributed by atoms with E-state index in [-0.39, 0.29) is 23.2 Å². The fraction of sp³-hybridized carbons (Fsp3) is 0.273. The number of aliphatic imine (C=N–C) groups is 1. The minimum atomic E-state index is -0.571. The Morgan fingerprint density at radius 1 is 1.50 bits per heavy atom. The van der Waals surface area contributed by atoms with Gasteiger partial charge in [-0.3, -0.25) is 4.79 Å². The van der Waals surface area contributed by atoms with Gasteiger partial charge in [-0.05, 0) is 18.2 Å². The molecule has 0 radical (unpaired) electrons. The summed E-state index contributed by atoms with van der Waals surface area (Å²) >= 11 is 0. The van der Waals surface area contributed by atoms with Gasteiger partial charge in [-0.1, -0.05) is 13.8 Å². The third-order valence-corrected chi connectivity index (χ3v) is 1.91. The first-order chi connectivity index (χ1) is 7.54. The number of isocyanates is 1. The second-order valence-corrected chi connectivity index (χ2v) is 3.51. The summed E-state index contributed by atoms with van der Waals surface area (Å²) in [6.45, 7) is 3.39. The van der Waals surface area contributed by atoms with Crippen molar-refractivity contribution in [3.05, 3.63) is 24.0 Å². The van der Waals surface area contributed by atoms with Crippen molar-refractivity contribution < 1.29 is 14.0 Å². The van der Waals surface area contributed by atoms with Crippen molar-refractivity contribution in [2.45, 2.75) is 13.8 Å². The predicted molar refractivity (Wildman–Crippen MR) is 57.6 cm³/mol. The molecule has 1 aromatic carbocycles. The molecule has 0 unspecified atom stereocenters. The molecule has 0 atom stereocenters. The van der Waals surface area contributed by atoms with Crippen molar-refractivity contribution in [2.75, 3.05) is 5.32 Å². The molecule has 0 saturated carbocycles. The highest BCUT2D eigenvalue weighted by molar-refractivity contribution is 5.92. The summed E-state index contributed by atoms with van der Waals surface area (Å²) < 4.78 is 13.3. The minimum absolute atomic E-state index is 0.00944. The van der Waals surface area contributed by atoms with E-state index in [2.05, 4.69) is 10.3 Å². The lowest BCUT2D eigenvalue weighted by Crippen LogP contribution is -2.18. The fourth-order valence-electron chi connectivity index (χ4n) is 1.01. The molecule has 0 aromatic heterocycles. The summed E-state index contributed by atoms with van der Waals surface area (Å²) in [5.74, 6) is -1.12. The summed E-state index contributed by atoms with van der Waals surface area (Å²) in [7, 11) is 0. The van der Waals surface area contributed by atoms with Crippen molar-refractivity contribution in [1.82, 2.24) is 0 Å². The number of hydrogen-bond donors (Lipinski definition) is 1. The lowest BCUT2D eigenvalue weighted by atomic mass is 10.2. The quantitative estimate of drug-likeness (QED) is 0.630. The monoisotopic (exact) mass is 222 g/mol. The zero-order valence-electron chi connectivity index (χ0n) is 8.95. The summed E-state index contributed by atoms with van der Waals surface area (Å²) in [6.07, 6.45) is 1.35. The van der Waals surface area contributed by atoms with Gasteiger partial charge in [-0.25, -0.2) is 9.18 Å². The van der Waals surface area contributed by atoms with E-state index in [0.29, 0.717) is 0 Å². The Bertz CT molecular complexity index is 451. The van der Waals surface area contributed by atoms with E-state index in [1.807, 2.05) is 0 Å². The van der Waals surface area contributed by atoms with Crippen LogP contribution in [-0.4, -0.2) is 12.0 Å². The molecule has 0 spiro atoms. The van der Waals surface area contributed by atoms with Gasteiger partial charge in [-0.15, -0.1) is 0 Å². The smallest absolute Gasteiger partial charge is 0.240 e. The van der Waals surface area contributed by atoms with Crippen LogP contribution in [0.2, 0.25) is 0 Å². The van der Waals surface area contributed by atoms with E-state index in [1.165, 1.54) is 18.2 Å². The zero-order chi connectivity index (χ0) is 12.1. The Labute approximate surface area is 92.2 Å². The summed E-state index contributed by atoms with van der Waals surface area (Å²) in [6, 6.07) is 3.73. The molecular formula is C11H11FN2O2. The van der Waals surface area contributed by atoms with Gasteiger partial charge in [0.25, 0.3) is 0 Å². The van der Waals surface area contributed by atoms with Crippen LogP contribution in [0.3, 0.4) is 0 Å². The normalized spacial score (nSPS) is 9.75. The van der Waals surface area contributed by atoms with Crippen molar-refractivity contribution in [2.24, 2.45) is 10.9 Å². The van der Waals surface area contributed by atoms with Crippen molar-refractivity contribution in [3.63, 3.8) is 0 Å². The van der Waals surface area contributed by atoms with Gasteiger partial charge in [-0.2, -0.15) is 4.99 Å². The molecule has 5 heteroatoms. The van der Waals surface area contributed by atoms with E-state index < -0.39 is 5.82 Å². The predicted octanol–water partition coefficient (Wildman–Crippen LogP) is 2.39. The number of halogens is 1. The third kappa shape index (κ3) is 3.00. The molecule has 0 heterocycles. The maximum atomic E-state index is 13.3. The molecule has 1 rings (SSSR count). The van der Waals surface area contributed by atoms with Gasteiger partial charge in [0.1, 0.15) is 5.82 Å². The number of nitrogens with zero attached hydrogens (tertiary/aromatic N) is 1. The number of carbonyl (C=O) groups is 1. The molecule has 0 aliphatic heterocycles. The van der Waals surface area contributed by atoms with Crippen LogP contribution < -0.4 is 5.32 Å². The second kappa shape index (κ2) is 5.19. The van der Waals surface area contributed by atoms with Crippen molar-refractivity contribution in [1.29, 1.82) is 0 Å². The molecule has 0 bridgehead atoms. The second-order valence-electron chi connectivity index (χ2n) is 3.51. The Morgan fingerprint density at radius 3 is 2.75 bits per heavy atom. The third-order valence-electron chi connectivity index (χ3n) is 1.91. The van der Waals surface area contributed by atoms with Crippen LogP contribution in [0, 0.1) is 11.7 Å². The maximum absolute atomic E-state index is 13.3. The first-order valence-corrected chi connectivity index (χ1v) is 4.73. The molecule has 84 valence electrons. The molecule has 16 heavy (non-hydrogen) atoms. The van der Waals surface area contributed by atoms with Crippen LogP contribution in [0.5, 0.6) is 0 Å². The molecule has 4 nitrogen and oxygen atoms in total. The number of carbonyl (C=O) groups excluding carboxylic acids is 2. The highest BCUT2D eigenvalue weighted by Gasteiger charge is 2.10. The molecule has 0 fully saturated rings. The van der Waals surface area contributed by atoms with Gasteiger partial charge < -0.3 is 5.32 Å². The van der Waals surface area contributed by atoms with Gasteiger partial charge >= 0.3 is 0 Å². The number of nitrogens with one attached hydrogen (secondary N) is 1. The van der Waals surface area contributed by atoms with Crippen LogP contribution in [0.1, 0.15) is 13.8 Å². The van der Waals surface area contributed by atoms with E-state index >= 15 is 0 Å². The Balaban J connectivity index is 2.98. The molecule has 1 amide bonds. The van der Waals surface area contributed by atoms with E-state index in [1.54, 1.807) is 13.8 Å². The largest absolute Gasteiger partial charge is 0.323 e. The highest BCUT2D eigenvalue weighted by Crippen LogP contribution is 2.21. The lowest BCUT2D eigenvalue weighted by Gasteiger charge is -2.08. The fourth-order valence-corrected chi connectivity index (χ4v) is 1.01. The van der Waals surface area contributed by atoms with Crippen LogP contribution in [0.25, 0.3) is 0 Å². The van der Waals surface area contributed by atoms with Crippen LogP contribution in [-0.2, 0) is 9.59 Å². The van der Waals surface area contributed by atoms with Crippen LogP contribution >= 0.6 is 0 Å². The number of benzene rings is 1. The lowest BCUT2D eigenvalue weighted by molar-refractivity contribution is -0.118. The van der Waals surface area contributed by atoms with E-state index in [9.17, 15) is 14.0 Å². The first kappa shape index (κ1) is 12.1. The standard InChI is InChI=1S/C11H11FN2O2/c1-7(2)11(16)14-10-5-8(13-6-15)3-4-9(10)12/h3-5,7H,1-2H3,(H,14,16). The number of hydrogen-bond acceptors (Lipinski definition) is 3. The molecular weight excluding hydrogens is 211 g/mol. The van der Waals surface area contributed by atoms with Crippen molar-refractivity contribution >= 4 is 23.4 Å². The number of amides is 1. The molecule has 1 aromatic rings. The number of anilines is 1. The maximum Gasteiger partial charge on any atom is 0.240 e. The molecule has 1 N–H and O–H groups in total. The highest BCUT2D eigenvalue weighted by atomic mass is 19.1. The average molecular weight is 222 g/mol. The van der Waals surface area contributed by atoms with Gasteiger partial charge in [0.2, 0.25) is 12.0 Å². The Kier molecular flexibility index (Phi) is 3.91. The molecule has 0 aliphatic rings. The minimum Gasteiger partial charge on any atom is -0.323 e. The van der Waals surface area contributed by atoms with Gasteiger partial charge in [0.05, 0.1) is 11.4 Å². The summed E-state index contributed by atoms with van der Waals surface area (Å²) in [4.78, 5) is 24.7. The Hall–Kier alpha value is -2.00. The first-order valence-electron chi connectivity index (χ1n) is 4.73. The summed E-state index contributed by atoms with van der Waals surface area (Å²) in [5, 5.41) is 2.40. The van der Waals surface area contributed by atoms with E-state index in [4.69, 9.17) is 0 Å². The van der Waals surface area contributed by atoms with Crippen molar-refractivity contribution in [3.8, 4) is 0 Å². The van der Waals surface area contributed by atoms with Gasteiger partial charge in [0, 0.05) is 5.92 Å². The SMILES string of the molecule is CC(C)C(=O)Nc1cc(N=C=O)ccc1F. The van der Waals surface area contributed by atoms with Crippen LogP contribution in [0.15, 0.2) is 23.2 Å². The zero-order valence-corrected chi connectivity index (χ0v) is 8.95. The van der Waals surface area contributed by atoms with E-state index in [0.717, 1.165) is 6.07 Å². The van der Waals surface area contributed by atoms with Crippen LogP contribution in [0.4, 0.5) is 15.8 Å².